The van der Waals surface area contributed by atoms with Crippen molar-refractivity contribution < 1.29 is 4.74 Å². The summed E-state index contributed by atoms with van der Waals surface area (Å²) in [5.41, 5.74) is 1.26. The molecular weight excluding hydrogens is 270 g/mol. The summed E-state index contributed by atoms with van der Waals surface area (Å²) in [5, 5.41) is 4.41. The van der Waals surface area contributed by atoms with E-state index in [0.29, 0.717) is 6.04 Å². The van der Waals surface area contributed by atoms with Gasteiger partial charge in [-0.1, -0.05) is 31.9 Å². The van der Waals surface area contributed by atoms with Gasteiger partial charge in [-0.25, -0.2) is 0 Å². The highest BCUT2D eigenvalue weighted by molar-refractivity contribution is 6.30. The summed E-state index contributed by atoms with van der Waals surface area (Å²) in [4.78, 5) is 0. The van der Waals surface area contributed by atoms with E-state index >= 15 is 0 Å². The van der Waals surface area contributed by atoms with Crippen LogP contribution in [0.1, 0.15) is 57.6 Å². The highest BCUT2D eigenvalue weighted by Crippen LogP contribution is 2.47. The molecular formula is C17H24ClNO. The van der Waals surface area contributed by atoms with Gasteiger partial charge in [-0.3, -0.25) is 0 Å². The summed E-state index contributed by atoms with van der Waals surface area (Å²) in [6.45, 7) is 5.49. The molecule has 3 unspecified atom stereocenters. The quantitative estimate of drug-likeness (QED) is 0.852. The van der Waals surface area contributed by atoms with Gasteiger partial charge in [-0.05, 0) is 49.9 Å². The summed E-state index contributed by atoms with van der Waals surface area (Å²) in [6.07, 6.45) is 6.05. The summed E-state index contributed by atoms with van der Waals surface area (Å²) >= 11 is 6.16. The predicted molar refractivity (Wildman–Crippen MR) is 83.5 cm³/mol. The molecule has 20 heavy (non-hydrogen) atoms. The zero-order valence-corrected chi connectivity index (χ0v) is 13.2. The van der Waals surface area contributed by atoms with Crippen LogP contribution < -0.4 is 10.1 Å². The third kappa shape index (κ3) is 2.68. The van der Waals surface area contributed by atoms with Crippen LogP contribution in [0.4, 0.5) is 0 Å². The van der Waals surface area contributed by atoms with E-state index in [2.05, 4.69) is 25.2 Å². The van der Waals surface area contributed by atoms with Crippen LogP contribution in [0, 0.1) is 5.92 Å². The Morgan fingerprint density at radius 3 is 3.00 bits per heavy atom. The third-order valence-corrected chi connectivity index (χ3v) is 4.99. The molecule has 1 heterocycles. The summed E-state index contributed by atoms with van der Waals surface area (Å²) in [5.74, 6) is 1.79. The lowest BCUT2D eigenvalue weighted by atomic mass is 9.73. The van der Waals surface area contributed by atoms with Gasteiger partial charge in [0.1, 0.15) is 11.4 Å². The lowest BCUT2D eigenvalue weighted by molar-refractivity contribution is -0.0178. The highest BCUT2D eigenvalue weighted by atomic mass is 35.5. The second kappa shape index (κ2) is 5.57. The van der Waals surface area contributed by atoms with E-state index in [1.165, 1.54) is 31.2 Å². The molecule has 2 nitrogen and oxygen atoms in total. The van der Waals surface area contributed by atoms with Crippen LogP contribution in [0.3, 0.4) is 0 Å². The first-order chi connectivity index (χ1) is 9.62. The van der Waals surface area contributed by atoms with Gasteiger partial charge in [0.15, 0.2) is 0 Å². The molecule has 1 fully saturated rings. The Bertz CT molecular complexity index is 490. The molecule has 1 aromatic rings. The Hall–Kier alpha value is -0.730. The summed E-state index contributed by atoms with van der Waals surface area (Å²) in [6, 6.07) is 6.41. The van der Waals surface area contributed by atoms with Gasteiger partial charge in [0.05, 0.1) is 0 Å². The maximum absolute atomic E-state index is 6.46. The lowest BCUT2D eigenvalue weighted by Crippen LogP contribution is -2.47. The van der Waals surface area contributed by atoms with Crippen LogP contribution in [0.2, 0.25) is 5.02 Å². The van der Waals surface area contributed by atoms with Gasteiger partial charge >= 0.3 is 0 Å². The zero-order valence-electron chi connectivity index (χ0n) is 12.4. The fraction of sp³-hybridized carbons (Fsp3) is 0.647. The van der Waals surface area contributed by atoms with E-state index in [9.17, 15) is 0 Å². The third-order valence-electron chi connectivity index (χ3n) is 4.75. The van der Waals surface area contributed by atoms with Crippen molar-refractivity contribution in [3.05, 3.63) is 28.8 Å². The molecule has 0 radical (unpaired) electrons. The van der Waals surface area contributed by atoms with Gasteiger partial charge in [-0.2, -0.15) is 0 Å². The zero-order chi connectivity index (χ0) is 14.2. The van der Waals surface area contributed by atoms with Crippen molar-refractivity contribution in [1.82, 2.24) is 5.32 Å². The molecule has 0 aromatic heterocycles. The molecule has 0 amide bonds. The van der Waals surface area contributed by atoms with Crippen LogP contribution >= 0.6 is 11.6 Å². The first-order valence-corrected chi connectivity index (χ1v) is 8.21. The first kappa shape index (κ1) is 14.2. The SMILES string of the molecule is CCNC1CC2(CCCC(C)C2)Oc2ccc(Cl)cc21. The minimum Gasteiger partial charge on any atom is -0.487 e. The molecule has 3 heteroatoms. The molecule has 0 saturated heterocycles. The largest absolute Gasteiger partial charge is 0.487 e. The molecule has 1 aliphatic carbocycles. The molecule has 110 valence electrons. The summed E-state index contributed by atoms with van der Waals surface area (Å²) < 4.78 is 6.46. The van der Waals surface area contributed by atoms with Crippen LogP contribution in [0.25, 0.3) is 0 Å². The van der Waals surface area contributed by atoms with Gasteiger partial charge < -0.3 is 10.1 Å². The second-order valence-electron chi connectivity index (χ2n) is 6.48. The molecule has 1 aliphatic heterocycles. The van der Waals surface area contributed by atoms with E-state index in [-0.39, 0.29) is 5.60 Å². The molecule has 1 N–H and O–H groups in total. The minimum atomic E-state index is 0.0331. The Balaban J connectivity index is 1.94. The maximum atomic E-state index is 6.46. The van der Waals surface area contributed by atoms with Crippen LogP contribution in [0.15, 0.2) is 18.2 Å². The van der Waals surface area contributed by atoms with Gasteiger partial charge in [0, 0.05) is 23.0 Å². The van der Waals surface area contributed by atoms with Gasteiger partial charge in [0.25, 0.3) is 0 Å². The molecule has 3 atom stereocenters. The van der Waals surface area contributed by atoms with Gasteiger partial charge in [0.2, 0.25) is 0 Å². The van der Waals surface area contributed by atoms with Crippen molar-refractivity contribution in [3.63, 3.8) is 0 Å². The van der Waals surface area contributed by atoms with E-state index < -0.39 is 0 Å². The number of halogens is 1. The maximum Gasteiger partial charge on any atom is 0.125 e. The summed E-state index contributed by atoms with van der Waals surface area (Å²) in [7, 11) is 0. The number of rotatable bonds is 2. The second-order valence-corrected chi connectivity index (χ2v) is 6.92. The van der Waals surface area contributed by atoms with Crippen molar-refractivity contribution in [2.24, 2.45) is 5.92 Å². The number of benzene rings is 1. The predicted octanol–water partition coefficient (Wildman–Crippen LogP) is 4.72. The van der Waals surface area contributed by atoms with Crippen molar-refractivity contribution in [2.75, 3.05) is 6.54 Å². The molecule has 0 bridgehead atoms. The number of fused-ring (bicyclic) bond motifs is 1. The first-order valence-electron chi connectivity index (χ1n) is 7.84. The molecule has 1 spiro atoms. The van der Waals surface area contributed by atoms with Crippen molar-refractivity contribution in [2.45, 2.75) is 57.6 Å². The lowest BCUT2D eigenvalue weighted by Gasteiger charge is -2.46. The Morgan fingerprint density at radius 2 is 2.25 bits per heavy atom. The Labute approximate surface area is 126 Å². The Morgan fingerprint density at radius 1 is 1.40 bits per heavy atom. The van der Waals surface area contributed by atoms with E-state index in [4.69, 9.17) is 16.3 Å². The standard InChI is InChI=1S/C17H24ClNO/c1-3-19-15-11-17(8-4-5-12(2)10-17)20-16-7-6-13(18)9-14(15)16/h6-7,9,12,15,19H,3-5,8,10-11H2,1-2H3. The van der Waals surface area contributed by atoms with Gasteiger partial charge in [-0.15, -0.1) is 0 Å². The van der Waals surface area contributed by atoms with Crippen LogP contribution in [-0.2, 0) is 0 Å². The highest BCUT2D eigenvalue weighted by Gasteiger charge is 2.43. The van der Waals surface area contributed by atoms with Crippen LogP contribution in [-0.4, -0.2) is 12.1 Å². The molecule has 1 saturated carbocycles. The average molecular weight is 294 g/mol. The van der Waals surface area contributed by atoms with Crippen LogP contribution in [0.5, 0.6) is 5.75 Å². The van der Waals surface area contributed by atoms with Crippen molar-refractivity contribution >= 4 is 11.6 Å². The minimum absolute atomic E-state index is 0.0331. The van der Waals surface area contributed by atoms with E-state index in [1.807, 2.05) is 12.1 Å². The number of nitrogens with one attached hydrogen (secondary N) is 1. The molecule has 2 aliphatic rings. The normalized spacial score (nSPS) is 32.8. The number of hydrogen-bond donors (Lipinski definition) is 1. The number of hydrogen-bond acceptors (Lipinski definition) is 2. The fourth-order valence-corrected chi connectivity index (χ4v) is 4.14. The molecule has 1 aromatic carbocycles. The molecule has 3 rings (SSSR count). The van der Waals surface area contributed by atoms with Crippen molar-refractivity contribution in [1.29, 1.82) is 0 Å². The van der Waals surface area contributed by atoms with E-state index in [1.54, 1.807) is 0 Å². The monoisotopic (exact) mass is 293 g/mol. The van der Waals surface area contributed by atoms with E-state index in [0.717, 1.165) is 29.7 Å². The topological polar surface area (TPSA) is 21.3 Å². The number of ether oxygens (including phenoxy) is 1. The fourth-order valence-electron chi connectivity index (χ4n) is 3.96. The smallest absolute Gasteiger partial charge is 0.125 e. The Kier molecular flexibility index (Phi) is 3.96. The average Bonchev–Trinajstić information content (AvgIpc) is 2.40. The van der Waals surface area contributed by atoms with Crippen molar-refractivity contribution in [3.8, 4) is 5.75 Å².